The van der Waals surface area contributed by atoms with Gasteiger partial charge in [-0.25, -0.2) is 0 Å². The SMILES string of the molecule is CC(CC(=O)N1CCCC(C#N)C1)C(C)(C)C. The van der Waals surface area contributed by atoms with Gasteiger partial charge in [-0.3, -0.25) is 4.79 Å². The van der Waals surface area contributed by atoms with Gasteiger partial charge in [0.2, 0.25) is 5.91 Å². The van der Waals surface area contributed by atoms with Crippen molar-refractivity contribution in [3.63, 3.8) is 0 Å². The van der Waals surface area contributed by atoms with Crippen molar-refractivity contribution in [2.24, 2.45) is 17.3 Å². The molecule has 0 bridgehead atoms. The third-order valence-electron chi connectivity index (χ3n) is 3.92. The van der Waals surface area contributed by atoms with E-state index in [-0.39, 0.29) is 17.2 Å². The van der Waals surface area contributed by atoms with Crippen LogP contribution in [0.15, 0.2) is 0 Å². The number of hydrogen-bond donors (Lipinski definition) is 0. The lowest BCUT2D eigenvalue weighted by atomic mass is 9.80. The molecule has 96 valence electrons. The summed E-state index contributed by atoms with van der Waals surface area (Å²) in [6.07, 6.45) is 2.50. The van der Waals surface area contributed by atoms with E-state index in [0.29, 0.717) is 18.9 Å². The molecule has 2 unspecified atom stereocenters. The number of nitriles is 1. The predicted octanol–water partition coefficient (Wildman–Crippen LogP) is 2.82. The second-order valence-electron chi connectivity index (χ2n) is 6.28. The summed E-state index contributed by atoms with van der Waals surface area (Å²) in [5, 5.41) is 8.91. The van der Waals surface area contributed by atoms with Crippen LogP contribution in [0, 0.1) is 28.6 Å². The lowest BCUT2D eigenvalue weighted by Gasteiger charge is -2.33. The maximum absolute atomic E-state index is 12.1. The summed E-state index contributed by atoms with van der Waals surface area (Å²) in [6.45, 7) is 10.1. The first-order valence-corrected chi connectivity index (χ1v) is 6.52. The summed E-state index contributed by atoms with van der Waals surface area (Å²) in [5.74, 6) is 0.627. The number of piperidine rings is 1. The highest BCUT2D eigenvalue weighted by Gasteiger charge is 2.28. The van der Waals surface area contributed by atoms with Crippen LogP contribution < -0.4 is 0 Å². The molecule has 1 rings (SSSR count). The minimum atomic E-state index is 0.0395. The van der Waals surface area contributed by atoms with E-state index in [4.69, 9.17) is 5.26 Å². The highest BCUT2D eigenvalue weighted by Crippen LogP contribution is 2.29. The molecule has 1 fully saturated rings. The van der Waals surface area contributed by atoms with Crippen molar-refractivity contribution in [1.29, 1.82) is 5.26 Å². The Morgan fingerprint density at radius 2 is 2.18 bits per heavy atom. The first-order valence-electron chi connectivity index (χ1n) is 6.52. The molecule has 0 radical (unpaired) electrons. The molecular formula is C14H24N2O. The molecule has 1 aliphatic heterocycles. The monoisotopic (exact) mass is 236 g/mol. The van der Waals surface area contributed by atoms with Gasteiger partial charge in [0.25, 0.3) is 0 Å². The number of nitrogens with zero attached hydrogens (tertiary/aromatic N) is 2. The van der Waals surface area contributed by atoms with E-state index in [1.807, 2.05) is 4.90 Å². The lowest BCUT2D eigenvalue weighted by molar-refractivity contribution is -0.134. The first-order chi connectivity index (χ1) is 7.84. The van der Waals surface area contributed by atoms with Gasteiger partial charge in [0, 0.05) is 19.5 Å². The van der Waals surface area contributed by atoms with Crippen molar-refractivity contribution in [2.45, 2.75) is 47.0 Å². The molecule has 3 nitrogen and oxygen atoms in total. The van der Waals surface area contributed by atoms with Crippen LogP contribution in [0.25, 0.3) is 0 Å². The molecule has 0 spiro atoms. The zero-order valence-corrected chi connectivity index (χ0v) is 11.5. The highest BCUT2D eigenvalue weighted by molar-refractivity contribution is 5.76. The van der Waals surface area contributed by atoms with Crippen molar-refractivity contribution >= 4 is 5.91 Å². The lowest BCUT2D eigenvalue weighted by Crippen LogP contribution is -2.40. The van der Waals surface area contributed by atoms with Crippen LogP contribution in [0.2, 0.25) is 0 Å². The van der Waals surface area contributed by atoms with E-state index in [1.54, 1.807) is 0 Å². The Balaban J connectivity index is 2.51. The minimum Gasteiger partial charge on any atom is -0.341 e. The van der Waals surface area contributed by atoms with E-state index >= 15 is 0 Å². The Hall–Kier alpha value is -1.04. The van der Waals surface area contributed by atoms with Crippen LogP contribution in [0.1, 0.15) is 47.0 Å². The predicted molar refractivity (Wildman–Crippen MR) is 68.2 cm³/mol. The highest BCUT2D eigenvalue weighted by atomic mass is 16.2. The Bertz CT molecular complexity index is 311. The van der Waals surface area contributed by atoms with Crippen LogP contribution in [0.3, 0.4) is 0 Å². The summed E-state index contributed by atoms with van der Waals surface area (Å²) in [4.78, 5) is 14.0. The van der Waals surface area contributed by atoms with Gasteiger partial charge in [-0.05, 0) is 24.2 Å². The molecule has 1 aliphatic rings. The second-order valence-corrected chi connectivity index (χ2v) is 6.28. The zero-order valence-electron chi connectivity index (χ0n) is 11.5. The normalized spacial score (nSPS) is 23.0. The molecule has 17 heavy (non-hydrogen) atoms. The summed E-state index contributed by atoms with van der Waals surface area (Å²) in [7, 11) is 0. The third-order valence-corrected chi connectivity index (χ3v) is 3.92. The molecule has 3 heteroatoms. The fourth-order valence-electron chi connectivity index (χ4n) is 2.01. The topological polar surface area (TPSA) is 44.1 Å². The van der Waals surface area contributed by atoms with Crippen LogP contribution in [0.4, 0.5) is 0 Å². The molecule has 1 saturated heterocycles. The van der Waals surface area contributed by atoms with Crippen molar-refractivity contribution < 1.29 is 4.79 Å². The average Bonchev–Trinajstić information content (AvgIpc) is 2.27. The van der Waals surface area contributed by atoms with Crippen molar-refractivity contribution in [3.8, 4) is 6.07 Å². The van der Waals surface area contributed by atoms with E-state index in [0.717, 1.165) is 19.4 Å². The van der Waals surface area contributed by atoms with E-state index < -0.39 is 0 Å². The molecule has 1 amide bonds. The average molecular weight is 236 g/mol. The third kappa shape index (κ3) is 4.03. The van der Waals surface area contributed by atoms with Crippen LogP contribution >= 0.6 is 0 Å². The van der Waals surface area contributed by atoms with E-state index in [1.165, 1.54) is 0 Å². The maximum Gasteiger partial charge on any atom is 0.222 e. The summed E-state index contributed by atoms with van der Waals surface area (Å²) in [5.41, 5.74) is 0.167. The molecule has 0 aromatic heterocycles. The molecule has 0 aliphatic carbocycles. The van der Waals surface area contributed by atoms with Crippen molar-refractivity contribution in [1.82, 2.24) is 4.90 Å². The van der Waals surface area contributed by atoms with Crippen LogP contribution in [0.5, 0.6) is 0 Å². The number of hydrogen-bond acceptors (Lipinski definition) is 2. The minimum absolute atomic E-state index is 0.0395. The molecular weight excluding hydrogens is 212 g/mol. The number of carbonyl (C=O) groups is 1. The summed E-state index contributed by atoms with van der Waals surface area (Å²) in [6, 6.07) is 2.28. The smallest absolute Gasteiger partial charge is 0.222 e. The molecule has 1 heterocycles. The van der Waals surface area contributed by atoms with E-state index in [2.05, 4.69) is 33.8 Å². The number of carbonyl (C=O) groups excluding carboxylic acids is 1. The molecule has 2 atom stereocenters. The Morgan fingerprint density at radius 1 is 1.53 bits per heavy atom. The first kappa shape index (κ1) is 14.0. The molecule has 0 N–H and O–H groups in total. The standard InChI is InChI=1S/C14H24N2O/c1-11(14(2,3)4)8-13(17)16-7-5-6-12(9-15)10-16/h11-12H,5-8,10H2,1-4H3. The fraction of sp³-hybridized carbons (Fsp3) is 0.857. The van der Waals surface area contributed by atoms with Crippen molar-refractivity contribution in [3.05, 3.63) is 0 Å². The zero-order chi connectivity index (χ0) is 13.1. The number of rotatable bonds is 2. The van der Waals surface area contributed by atoms with Crippen molar-refractivity contribution in [2.75, 3.05) is 13.1 Å². The van der Waals surface area contributed by atoms with Gasteiger partial charge in [0.05, 0.1) is 12.0 Å². The van der Waals surface area contributed by atoms with Crippen LogP contribution in [-0.4, -0.2) is 23.9 Å². The van der Waals surface area contributed by atoms with Gasteiger partial charge < -0.3 is 4.90 Å². The quantitative estimate of drug-likeness (QED) is 0.740. The van der Waals surface area contributed by atoms with Gasteiger partial charge in [0.15, 0.2) is 0 Å². The Morgan fingerprint density at radius 3 is 2.71 bits per heavy atom. The molecule has 0 aromatic rings. The van der Waals surface area contributed by atoms with E-state index in [9.17, 15) is 4.79 Å². The molecule has 0 saturated carbocycles. The van der Waals surface area contributed by atoms with Gasteiger partial charge in [-0.1, -0.05) is 27.7 Å². The van der Waals surface area contributed by atoms with Gasteiger partial charge >= 0.3 is 0 Å². The summed E-state index contributed by atoms with van der Waals surface area (Å²) < 4.78 is 0. The number of amides is 1. The Labute approximate surface area is 105 Å². The Kier molecular flexibility index (Phi) is 4.56. The van der Waals surface area contributed by atoms with Crippen LogP contribution in [-0.2, 0) is 4.79 Å². The maximum atomic E-state index is 12.1. The fourth-order valence-corrected chi connectivity index (χ4v) is 2.01. The number of likely N-dealkylation sites (tertiary alicyclic amines) is 1. The largest absolute Gasteiger partial charge is 0.341 e. The van der Waals surface area contributed by atoms with Gasteiger partial charge in [0.1, 0.15) is 0 Å². The summed E-state index contributed by atoms with van der Waals surface area (Å²) >= 11 is 0. The molecule has 0 aromatic carbocycles. The van der Waals surface area contributed by atoms with Gasteiger partial charge in [-0.15, -0.1) is 0 Å². The van der Waals surface area contributed by atoms with Gasteiger partial charge in [-0.2, -0.15) is 5.26 Å². The second kappa shape index (κ2) is 5.53.